The third-order valence-corrected chi connectivity index (χ3v) is 3.79. The minimum atomic E-state index is -0.376. The van der Waals surface area contributed by atoms with Gasteiger partial charge in [0.05, 0.1) is 6.20 Å². The van der Waals surface area contributed by atoms with E-state index in [1.165, 1.54) is 24.4 Å². The number of aromatic hydroxyl groups is 1. The standard InChI is InChI=1S/C18H23FN2O2/c1-3-4-9-20(2)12-16-10-17(22)18(23)13-21(16)11-14-5-7-15(19)8-6-14/h5-8,10,13,23H,3-4,9,11-12H2,1-2H3. The third kappa shape index (κ3) is 4.93. The second-order valence-corrected chi connectivity index (χ2v) is 5.86. The van der Waals surface area contributed by atoms with Crippen LogP contribution in [0.3, 0.4) is 0 Å². The summed E-state index contributed by atoms with van der Waals surface area (Å²) in [5.41, 5.74) is 1.36. The van der Waals surface area contributed by atoms with Crippen molar-refractivity contribution in [3.8, 4) is 5.75 Å². The third-order valence-electron chi connectivity index (χ3n) is 3.79. The van der Waals surface area contributed by atoms with E-state index in [-0.39, 0.29) is 17.0 Å². The Morgan fingerprint density at radius 2 is 1.96 bits per heavy atom. The minimum absolute atomic E-state index is 0.271. The smallest absolute Gasteiger partial charge is 0.223 e. The maximum atomic E-state index is 13.0. The van der Waals surface area contributed by atoms with Crippen LogP contribution in [0.4, 0.5) is 4.39 Å². The summed E-state index contributed by atoms with van der Waals surface area (Å²) in [6, 6.07) is 7.70. The number of rotatable bonds is 7. The van der Waals surface area contributed by atoms with Gasteiger partial charge in [-0.3, -0.25) is 4.79 Å². The highest BCUT2D eigenvalue weighted by Gasteiger charge is 2.09. The molecule has 1 aromatic heterocycles. The van der Waals surface area contributed by atoms with Crippen molar-refractivity contribution in [2.24, 2.45) is 0 Å². The molecule has 0 atom stereocenters. The second-order valence-electron chi connectivity index (χ2n) is 5.86. The van der Waals surface area contributed by atoms with E-state index in [1.807, 2.05) is 11.6 Å². The van der Waals surface area contributed by atoms with Crippen molar-refractivity contribution < 1.29 is 9.50 Å². The van der Waals surface area contributed by atoms with Crippen molar-refractivity contribution in [1.29, 1.82) is 0 Å². The van der Waals surface area contributed by atoms with Gasteiger partial charge in [0, 0.05) is 24.8 Å². The number of pyridine rings is 1. The van der Waals surface area contributed by atoms with Crippen LogP contribution in [0, 0.1) is 5.82 Å². The Balaban J connectivity index is 2.24. The summed E-state index contributed by atoms with van der Waals surface area (Å²) >= 11 is 0. The molecule has 124 valence electrons. The first-order chi connectivity index (χ1) is 11.0. The van der Waals surface area contributed by atoms with Gasteiger partial charge in [-0.15, -0.1) is 0 Å². The highest BCUT2D eigenvalue weighted by molar-refractivity contribution is 5.23. The van der Waals surface area contributed by atoms with Crippen LogP contribution in [-0.4, -0.2) is 28.2 Å². The summed E-state index contributed by atoms with van der Waals surface area (Å²) in [6.45, 7) is 4.18. The average molecular weight is 318 g/mol. The van der Waals surface area contributed by atoms with Gasteiger partial charge in [0.15, 0.2) is 5.75 Å². The molecule has 0 amide bonds. The number of unbranched alkanes of at least 4 members (excludes halogenated alkanes) is 1. The quantitative estimate of drug-likeness (QED) is 0.853. The first-order valence-electron chi connectivity index (χ1n) is 7.85. The molecule has 5 heteroatoms. The molecule has 0 saturated heterocycles. The van der Waals surface area contributed by atoms with E-state index in [4.69, 9.17) is 0 Å². The molecule has 1 N–H and O–H groups in total. The SMILES string of the molecule is CCCCN(C)Cc1cc(=O)c(O)cn1Cc1ccc(F)cc1. The Labute approximate surface area is 135 Å². The van der Waals surface area contributed by atoms with E-state index in [9.17, 15) is 14.3 Å². The molecule has 0 unspecified atom stereocenters. The van der Waals surface area contributed by atoms with Gasteiger partial charge in [-0.2, -0.15) is 0 Å². The van der Waals surface area contributed by atoms with E-state index in [0.29, 0.717) is 13.1 Å². The number of halogens is 1. The fraction of sp³-hybridized carbons (Fsp3) is 0.389. The van der Waals surface area contributed by atoms with Gasteiger partial charge in [0.2, 0.25) is 5.43 Å². The number of hydrogen-bond donors (Lipinski definition) is 1. The first kappa shape index (κ1) is 17.2. The summed E-state index contributed by atoms with van der Waals surface area (Å²) in [7, 11) is 2.01. The lowest BCUT2D eigenvalue weighted by molar-refractivity contribution is 0.310. The fourth-order valence-corrected chi connectivity index (χ4v) is 2.46. The van der Waals surface area contributed by atoms with Gasteiger partial charge in [0.25, 0.3) is 0 Å². The zero-order chi connectivity index (χ0) is 16.8. The molecule has 0 spiro atoms. The summed E-state index contributed by atoms with van der Waals surface area (Å²) in [6.07, 6.45) is 3.66. The normalized spacial score (nSPS) is 11.1. The number of benzene rings is 1. The molecule has 23 heavy (non-hydrogen) atoms. The predicted molar refractivity (Wildman–Crippen MR) is 89.1 cm³/mol. The molecule has 0 aliphatic rings. The number of aromatic nitrogens is 1. The van der Waals surface area contributed by atoms with E-state index in [1.54, 1.807) is 12.1 Å². The molecule has 0 fully saturated rings. The molecule has 1 heterocycles. The topological polar surface area (TPSA) is 45.5 Å². The summed E-state index contributed by atoms with van der Waals surface area (Å²) < 4.78 is 14.9. The molecule has 1 aromatic carbocycles. The van der Waals surface area contributed by atoms with E-state index in [2.05, 4.69) is 11.8 Å². The fourth-order valence-electron chi connectivity index (χ4n) is 2.46. The van der Waals surface area contributed by atoms with Crippen LogP contribution >= 0.6 is 0 Å². The van der Waals surface area contributed by atoms with Gasteiger partial charge in [-0.1, -0.05) is 25.5 Å². The van der Waals surface area contributed by atoms with Crippen LogP contribution in [0.1, 0.15) is 31.0 Å². The largest absolute Gasteiger partial charge is 0.503 e. The van der Waals surface area contributed by atoms with Crippen molar-refractivity contribution in [1.82, 2.24) is 9.47 Å². The molecular weight excluding hydrogens is 295 g/mol. The molecule has 0 aliphatic carbocycles. The van der Waals surface area contributed by atoms with Crippen molar-refractivity contribution in [2.45, 2.75) is 32.9 Å². The van der Waals surface area contributed by atoms with Gasteiger partial charge >= 0.3 is 0 Å². The predicted octanol–water partition coefficient (Wildman–Crippen LogP) is 2.97. The molecule has 0 radical (unpaired) electrons. The lowest BCUT2D eigenvalue weighted by Gasteiger charge is -2.20. The van der Waals surface area contributed by atoms with Gasteiger partial charge in [-0.25, -0.2) is 4.39 Å². The number of hydrogen-bond acceptors (Lipinski definition) is 3. The zero-order valence-electron chi connectivity index (χ0n) is 13.6. The second kappa shape index (κ2) is 7.92. The lowest BCUT2D eigenvalue weighted by atomic mass is 10.2. The zero-order valence-corrected chi connectivity index (χ0v) is 13.6. The minimum Gasteiger partial charge on any atom is -0.503 e. The summed E-state index contributed by atoms with van der Waals surface area (Å²) in [5, 5.41) is 9.72. The van der Waals surface area contributed by atoms with Crippen molar-refractivity contribution in [3.63, 3.8) is 0 Å². The van der Waals surface area contributed by atoms with Crippen LogP contribution in [-0.2, 0) is 13.1 Å². The Kier molecular flexibility index (Phi) is 5.93. The Morgan fingerprint density at radius 3 is 2.61 bits per heavy atom. The molecule has 0 saturated carbocycles. The molecule has 0 aliphatic heterocycles. The first-order valence-corrected chi connectivity index (χ1v) is 7.85. The molecule has 2 aromatic rings. The van der Waals surface area contributed by atoms with Gasteiger partial charge in [0.1, 0.15) is 5.82 Å². The maximum Gasteiger partial charge on any atom is 0.223 e. The molecule has 2 rings (SSSR count). The summed E-state index contributed by atoms with van der Waals surface area (Å²) in [5.74, 6) is -0.553. The number of nitrogens with zero attached hydrogens (tertiary/aromatic N) is 2. The Bertz CT molecular complexity index is 695. The van der Waals surface area contributed by atoms with Crippen LogP contribution in [0.2, 0.25) is 0 Å². The highest BCUT2D eigenvalue weighted by Crippen LogP contribution is 2.12. The Hall–Kier alpha value is -2.14. The van der Waals surface area contributed by atoms with Crippen molar-refractivity contribution in [2.75, 3.05) is 13.6 Å². The summed E-state index contributed by atoms with van der Waals surface area (Å²) in [4.78, 5) is 13.9. The highest BCUT2D eigenvalue weighted by atomic mass is 19.1. The molecule has 0 bridgehead atoms. The van der Waals surface area contributed by atoms with Gasteiger partial charge in [-0.05, 0) is 37.7 Å². The van der Waals surface area contributed by atoms with E-state index < -0.39 is 0 Å². The van der Waals surface area contributed by atoms with E-state index in [0.717, 1.165) is 30.6 Å². The molecule has 4 nitrogen and oxygen atoms in total. The maximum absolute atomic E-state index is 13.0. The lowest BCUT2D eigenvalue weighted by Crippen LogP contribution is -2.23. The van der Waals surface area contributed by atoms with Crippen LogP contribution in [0.25, 0.3) is 0 Å². The van der Waals surface area contributed by atoms with Gasteiger partial charge < -0.3 is 14.6 Å². The van der Waals surface area contributed by atoms with Crippen LogP contribution in [0.15, 0.2) is 41.3 Å². The van der Waals surface area contributed by atoms with Crippen LogP contribution < -0.4 is 5.43 Å². The monoisotopic (exact) mass is 318 g/mol. The van der Waals surface area contributed by atoms with Crippen LogP contribution in [0.5, 0.6) is 5.75 Å². The average Bonchev–Trinajstić information content (AvgIpc) is 2.52. The Morgan fingerprint density at radius 1 is 1.26 bits per heavy atom. The van der Waals surface area contributed by atoms with E-state index >= 15 is 0 Å². The molecular formula is C18H23FN2O2. The van der Waals surface area contributed by atoms with Crippen molar-refractivity contribution in [3.05, 3.63) is 63.8 Å². The van der Waals surface area contributed by atoms with Crippen molar-refractivity contribution >= 4 is 0 Å².